The average molecular weight is 332 g/mol. The Morgan fingerprint density at radius 1 is 1.08 bits per heavy atom. The van der Waals surface area contributed by atoms with Crippen molar-refractivity contribution in [1.29, 1.82) is 0 Å². The average Bonchev–Trinajstić information content (AvgIpc) is 2.57. The molecule has 1 unspecified atom stereocenters. The standard InChI is InChI=1S/C21H32O3/c1-2-3-6-14-20(22)17-16-19-13-10-9-12-18(19)11-7-4-5-8-15-21(23)24/h9-10,12-13,16-17,20,22H,2-8,11,14-15H2,1H3,(H,23,24). The van der Waals surface area contributed by atoms with Crippen molar-refractivity contribution in [3.63, 3.8) is 0 Å². The largest absolute Gasteiger partial charge is 0.481 e. The fourth-order valence-corrected chi connectivity index (χ4v) is 2.78. The first-order chi connectivity index (χ1) is 11.6. The fourth-order valence-electron chi connectivity index (χ4n) is 2.78. The summed E-state index contributed by atoms with van der Waals surface area (Å²) in [4.78, 5) is 10.5. The SMILES string of the molecule is CCCCCC(O)C=Cc1ccccc1CCCCCCC(=O)O. The molecule has 0 saturated heterocycles. The molecule has 0 aliphatic carbocycles. The van der Waals surface area contributed by atoms with Crippen LogP contribution in [0.4, 0.5) is 0 Å². The van der Waals surface area contributed by atoms with Crippen LogP contribution in [0.2, 0.25) is 0 Å². The molecule has 1 atom stereocenters. The molecule has 0 amide bonds. The first kappa shape index (κ1) is 20.4. The molecule has 134 valence electrons. The number of carboxylic acid groups (broad SMARTS) is 1. The van der Waals surface area contributed by atoms with E-state index in [4.69, 9.17) is 5.11 Å². The van der Waals surface area contributed by atoms with Gasteiger partial charge in [-0.3, -0.25) is 4.79 Å². The van der Waals surface area contributed by atoms with Crippen LogP contribution >= 0.6 is 0 Å². The van der Waals surface area contributed by atoms with Gasteiger partial charge in [-0.05, 0) is 36.8 Å². The minimum Gasteiger partial charge on any atom is -0.481 e. The van der Waals surface area contributed by atoms with E-state index < -0.39 is 5.97 Å². The van der Waals surface area contributed by atoms with Crippen LogP contribution in [0.5, 0.6) is 0 Å². The van der Waals surface area contributed by atoms with Crippen LogP contribution in [0, 0.1) is 0 Å². The minimum atomic E-state index is -0.706. The maximum Gasteiger partial charge on any atom is 0.303 e. The van der Waals surface area contributed by atoms with Crippen LogP contribution in [-0.4, -0.2) is 22.3 Å². The Hall–Kier alpha value is -1.61. The van der Waals surface area contributed by atoms with E-state index >= 15 is 0 Å². The number of rotatable bonds is 13. The molecule has 0 heterocycles. The fraction of sp³-hybridized carbons (Fsp3) is 0.571. The lowest BCUT2D eigenvalue weighted by Gasteiger charge is -2.08. The van der Waals surface area contributed by atoms with Gasteiger partial charge in [-0.1, -0.05) is 75.4 Å². The highest BCUT2D eigenvalue weighted by Crippen LogP contribution is 2.16. The number of aliphatic carboxylic acids is 1. The van der Waals surface area contributed by atoms with E-state index in [1.165, 1.54) is 24.0 Å². The molecule has 3 heteroatoms. The van der Waals surface area contributed by atoms with Crippen LogP contribution in [0.25, 0.3) is 6.08 Å². The third-order valence-corrected chi connectivity index (χ3v) is 4.24. The third kappa shape index (κ3) is 9.51. The number of aryl methyl sites for hydroxylation is 1. The second kappa shape index (κ2) is 12.8. The number of benzene rings is 1. The van der Waals surface area contributed by atoms with Gasteiger partial charge in [0.25, 0.3) is 0 Å². The van der Waals surface area contributed by atoms with E-state index in [0.717, 1.165) is 44.9 Å². The molecule has 1 rings (SSSR count). The van der Waals surface area contributed by atoms with Gasteiger partial charge in [-0.25, -0.2) is 0 Å². The van der Waals surface area contributed by atoms with Crippen LogP contribution in [-0.2, 0) is 11.2 Å². The molecular weight excluding hydrogens is 300 g/mol. The second-order valence-electron chi connectivity index (χ2n) is 6.43. The first-order valence-corrected chi connectivity index (χ1v) is 9.29. The van der Waals surface area contributed by atoms with Crippen molar-refractivity contribution < 1.29 is 15.0 Å². The Morgan fingerprint density at radius 2 is 1.83 bits per heavy atom. The Kier molecular flexibility index (Phi) is 10.9. The summed E-state index contributed by atoms with van der Waals surface area (Å²) in [5.74, 6) is -0.706. The van der Waals surface area contributed by atoms with Crippen molar-refractivity contribution in [3.8, 4) is 0 Å². The number of hydrogen-bond donors (Lipinski definition) is 2. The van der Waals surface area contributed by atoms with Crippen LogP contribution < -0.4 is 0 Å². The molecule has 0 spiro atoms. The monoisotopic (exact) mass is 332 g/mol. The normalized spacial score (nSPS) is 12.6. The molecule has 1 aromatic rings. The molecule has 1 aromatic carbocycles. The van der Waals surface area contributed by atoms with Gasteiger partial charge in [0, 0.05) is 6.42 Å². The Morgan fingerprint density at radius 3 is 2.58 bits per heavy atom. The number of unbranched alkanes of at least 4 members (excludes halogenated alkanes) is 5. The second-order valence-corrected chi connectivity index (χ2v) is 6.43. The molecule has 0 aromatic heterocycles. The highest BCUT2D eigenvalue weighted by Gasteiger charge is 2.02. The molecule has 0 aliphatic heterocycles. The zero-order valence-corrected chi connectivity index (χ0v) is 14.9. The molecule has 3 nitrogen and oxygen atoms in total. The van der Waals surface area contributed by atoms with Gasteiger partial charge < -0.3 is 10.2 Å². The smallest absolute Gasteiger partial charge is 0.303 e. The summed E-state index contributed by atoms with van der Waals surface area (Å²) >= 11 is 0. The number of carboxylic acids is 1. The summed E-state index contributed by atoms with van der Waals surface area (Å²) in [6, 6.07) is 8.31. The summed E-state index contributed by atoms with van der Waals surface area (Å²) in [5.41, 5.74) is 2.48. The maximum absolute atomic E-state index is 10.5. The van der Waals surface area contributed by atoms with Gasteiger partial charge in [0.2, 0.25) is 0 Å². The van der Waals surface area contributed by atoms with Crippen LogP contribution in [0.1, 0.15) is 75.8 Å². The molecule has 0 bridgehead atoms. The lowest BCUT2D eigenvalue weighted by Crippen LogP contribution is -2.01. The quantitative estimate of drug-likeness (QED) is 0.487. The zero-order valence-electron chi connectivity index (χ0n) is 14.9. The molecule has 2 N–H and O–H groups in total. The highest BCUT2D eigenvalue weighted by molar-refractivity contribution is 5.66. The van der Waals surface area contributed by atoms with Gasteiger partial charge in [0.1, 0.15) is 0 Å². The Bertz CT molecular complexity index is 494. The summed E-state index contributed by atoms with van der Waals surface area (Å²) in [6.45, 7) is 2.17. The molecule has 0 radical (unpaired) electrons. The maximum atomic E-state index is 10.5. The summed E-state index contributed by atoms with van der Waals surface area (Å²) in [5, 5.41) is 18.6. The van der Waals surface area contributed by atoms with E-state index in [9.17, 15) is 9.90 Å². The van der Waals surface area contributed by atoms with Crippen molar-refractivity contribution >= 4 is 12.0 Å². The number of aliphatic hydroxyl groups is 1. The van der Waals surface area contributed by atoms with Gasteiger partial charge in [0.05, 0.1) is 6.10 Å². The van der Waals surface area contributed by atoms with Crippen molar-refractivity contribution in [2.75, 3.05) is 0 Å². The van der Waals surface area contributed by atoms with Gasteiger partial charge >= 0.3 is 5.97 Å². The summed E-state index contributed by atoms with van der Waals surface area (Å²) in [6.07, 6.45) is 13.0. The van der Waals surface area contributed by atoms with Gasteiger partial charge in [-0.15, -0.1) is 0 Å². The Labute approximate surface area is 146 Å². The highest BCUT2D eigenvalue weighted by atomic mass is 16.4. The molecule has 24 heavy (non-hydrogen) atoms. The van der Waals surface area contributed by atoms with Crippen molar-refractivity contribution in [1.82, 2.24) is 0 Å². The number of carbonyl (C=O) groups is 1. The van der Waals surface area contributed by atoms with Gasteiger partial charge in [0.15, 0.2) is 0 Å². The lowest BCUT2D eigenvalue weighted by atomic mass is 9.99. The van der Waals surface area contributed by atoms with Crippen molar-refractivity contribution in [3.05, 3.63) is 41.5 Å². The predicted octanol–water partition coefficient (Wildman–Crippen LogP) is 5.22. The lowest BCUT2D eigenvalue weighted by molar-refractivity contribution is -0.137. The number of aliphatic hydroxyl groups excluding tert-OH is 1. The van der Waals surface area contributed by atoms with Gasteiger partial charge in [-0.2, -0.15) is 0 Å². The number of hydrogen-bond acceptors (Lipinski definition) is 2. The molecular formula is C21H32O3. The van der Waals surface area contributed by atoms with E-state index in [2.05, 4.69) is 25.1 Å². The third-order valence-electron chi connectivity index (χ3n) is 4.24. The van der Waals surface area contributed by atoms with Crippen LogP contribution in [0.15, 0.2) is 30.3 Å². The zero-order chi connectivity index (χ0) is 17.6. The summed E-state index contributed by atoms with van der Waals surface area (Å²) < 4.78 is 0. The predicted molar refractivity (Wildman–Crippen MR) is 100 cm³/mol. The topological polar surface area (TPSA) is 57.5 Å². The Balaban J connectivity index is 2.39. The van der Waals surface area contributed by atoms with Crippen molar-refractivity contribution in [2.24, 2.45) is 0 Å². The molecule has 0 fully saturated rings. The molecule has 0 saturated carbocycles. The van der Waals surface area contributed by atoms with Crippen molar-refractivity contribution in [2.45, 2.75) is 77.2 Å². The van der Waals surface area contributed by atoms with E-state index in [-0.39, 0.29) is 12.5 Å². The van der Waals surface area contributed by atoms with Crippen LogP contribution in [0.3, 0.4) is 0 Å². The minimum absolute atomic E-state index is 0.273. The van der Waals surface area contributed by atoms with E-state index in [1.54, 1.807) is 0 Å². The molecule has 0 aliphatic rings. The first-order valence-electron chi connectivity index (χ1n) is 9.29. The van der Waals surface area contributed by atoms with E-state index in [1.807, 2.05) is 18.2 Å². The van der Waals surface area contributed by atoms with E-state index in [0.29, 0.717) is 0 Å². The summed E-state index contributed by atoms with van der Waals surface area (Å²) in [7, 11) is 0.